The van der Waals surface area contributed by atoms with Gasteiger partial charge in [-0.2, -0.15) is 0 Å². The third kappa shape index (κ3) is 3.58. The predicted octanol–water partition coefficient (Wildman–Crippen LogP) is 3.59. The van der Waals surface area contributed by atoms with Gasteiger partial charge in [0.1, 0.15) is 10.7 Å². The first-order chi connectivity index (χ1) is 14.0. The van der Waals surface area contributed by atoms with Crippen LogP contribution in [0.25, 0.3) is 10.2 Å². The first kappa shape index (κ1) is 19.1. The quantitative estimate of drug-likeness (QED) is 0.548. The van der Waals surface area contributed by atoms with Gasteiger partial charge in [-0.3, -0.25) is 14.2 Å². The van der Waals surface area contributed by atoms with Gasteiger partial charge >= 0.3 is 0 Å². The average Bonchev–Trinajstić information content (AvgIpc) is 3.26. The Morgan fingerprint density at radius 1 is 1.21 bits per heavy atom. The standard InChI is InChI=1S/C21H21N5O2S/c1-4-25-12-23-20-17(21(25)28)13(2)18(29-20)19(27)24-16-7-5-6-15(10-16)11-26-9-8-22-14(26)3/h5-10,12H,4,11H2,1-3H3,(H,24,27). The number of anilines is 1. The van der Waals surface area contributed by atoms with Crippen LogP contribution in [0.3, 0.4) is 0 Å². The van der Waals surface area contributed by atoms with Gasteiger partial charge in [-0.25, -0.2) is 9.97 Å². The van der Waals surface area contributed by atoms with Gasteiger partial charge in [0, 0.05) is 31.2 Å². The van der Waals surface area contributed by atoms with Crippen LogP contribution in [-0.2, 0) is 13.1 Å². The van der Waals surface area contributed by atoms with Gasteiger partial charge in [0.05, 0.1) is 16.6 Å². The maximum atomic E-state index is 12.9. The largest absolute Gasteiger partial charge is 0.331 e. The van der Waals surface area contributed by atoms with Crippen molar-refractivity contribution in [3.8, 4) is 0 Å². The van der Waals surface area contributed by atoms with Crippen LogP contribution >= 0.6 is 11.3 Å². The molecule has 1 N–H and O–H groups in total. The summed E-state index contributed by atoms with van der Waals surface area (Å²) < 4.78 is 3.59. The molecule has 7 nitrogen and oxygen atoms in total. The van der Waals surface area contributed by atoms with Gasteiger partial charge < -0.3 is 9.88 Å². The van der Waals surface area contributed by atoms with E-state index >= 15 is 0 Å². The van der Waals surface area contributed by atoms with Crippen molar-refractivity contribution in [2.45, 2.75) is 33.9 Å². The average molecular weight is 407 g/mol. The number of amides is 1. The summed E-state index contributed by atoms with van der Waals surface area (Å²) in [5.41, 5.74) is 2.33. The normalized spacial score (nSPS) is 11.1. The van der Waals surface area contributed by atoms with E-state index in [2.05, 4.69) is 15.3 Å². The molecule has 1 aromatic carbocycles. The molecule has 0 aliphatic rings. The van der Waals surface area contributed by atoms with Crippen molar-refractivity contribution in [3.05, 3.63) is 75.2 Å². The minimum Gasteiger partial charge on any atom is -0.331 e. The van der Waals surface area contributed by atoms with Gasteiger partial charge in [0.25, 0.3) is 11.5 Å². The molecular weight excluding hydrogens is 386 g/mol. The number of rotatable bonds is 5. The lowest BCUT2D eigenvalue weighted by Crippen LogP contribution is -2.19. The van der Waals surface area contributed by atoms with E-state index in [4.69, 9.17) is 0 Å². The molecule has 148 valence electrons. The highest BCUT2D eigenvalue weighted by atomic mass is 32.1. The third-order valence-electron chi connectivity index (χ3n) is 4.93. The van der Waals surface area contributed by atoms with Crippen LogP contribution in [0.1, 0.15) is 33.5 Å². The molecule has 0 saturated carbocycles. The van der Waals surface area contributed by atoms with Crippen LogP contribution in [0.15, 0.2) is 47.8 Å². The SMILES string of the molecule is CCn1cnc2sc(C(=O)Nc3cccc(Cn4ccnc4C)c3)c(C)c2c1=O. The van der Waals surface area contributed by atoms with Crippen molar-refractivity contribution in [2.75, 3.05) is 5.32 Å². The molecule has 0 radical (unpaired) electrons. The topological polar surface area (TPSA) is 81.8 Å². The molecule has 0 atom stereocenters. The molecule has 3 aromatic heterocycles. The summed E-state index contributed by atoms with van der Waals surface area (Å²) in [6.07, 6.45) is 5.23. The number of imidazole rings is 1. The molecule has 0 aliphatic heterocycles. The molecular formula is C21H21N5O2S. The Hall–Kier alpha value is -3.26. The van der Waals surface area contributed by atoms with Crippen LogP contribution in [0.5, 0.6) is 0 Å². The van der Waals surface area contributed by atoms with Gasteiger partial charge in [-0.1, -0.05) is 12.1 Å². The number of nitrogens with zero attached hydrogens (tertiary/aromatic N) is 4. The molecule has 8 heteroatoms. The number of aromatic nitrogens is 4. The number of thiophene rings is 1. The fourth-order valence-electron chi connectivity index (χ4n) is 3.30. The van der Waals surface area contributed by atoms with E-state index in [9.17, 15) is 9.59 Å². The lowest BCUT2D eigenvalue weighted by Gasteiger charge is -2.09. The molecule has 0 saturated heterocycles. The zero-order chi connectivity index (χ0) is 20.5. The monoisotopic (exact) mass is 407 g/mol. The number of fused-ring (bicyclic) bond motifs is 1. The van der Waals surface area contributed by atoms with Crippen LogP contribution in [0, 0.1) is 13.8 Å². The minimum atomic E-state index is -0.232. The second kappa shape index (κ2) is 7.63. The first-order valence-corrected chi connectivity index (χ1v) is 10.2. The summed E-state index contributed by atoms with van der Waals surface area (Å²) in [5.74, 6) is 0.703. The Morgan fingerprint density at radius 2 is 2.03 bits per heavy atom. The van der Waals surface area contributed by atoms with Gasteiger partial charge in [-0.15, -0.1) is 11.3 Å². The Morgan fingerprint density at radius 3 is 2.76 bits per heavy atom. The zero-order valence-corrected chi connectivity index (χ0v) is 17.3. The number of carbonyl (C=O) groups is 1. The molecule has 4 rings (SSSR count). The minimum absolute atomic E-state index is 0.108. The van der Waals surface area contributed by atoms with E-state index < -0.39 is 0 Å². The second-order valence-corrected chi connectivity index (χ2v) is 7.83. The molecule has 4 aromatic rings. The van der Waals surface area contributed by atoms with Crippen molar-refractivity contribution in [3.63, 3.8) is 0 Å². The van der Waals surface area contributed by atoms with Crippen LogP contribution in [0.2, 0.25) is 0 Å². The molecule has 1 amide bonds. The second-order valence-electron chi connectivity index (χ2n) is 6.83. The molecule has 3 heterocycles. The summed E-state index contributed by atoms with van der Waals surface area (Å²) in [4.78, 5) is 35.2. The van der Waals surface area contributed by atoms with E-state index in [1.54, 1.807) is 17.7 Å². The van der Waals surface area contributed by atoms with Gasteiger partial charge in [0.15, 0.2) is 0 Å². The molecule has 0 bridgehead atoms. The van der Waals surface area contributed by atoms with Crippen LogP contribution in [0.4, 0.5) is 5.69 Å². The molecule has 0 spiro atoms. The van der Waals surface area contributed by atoms with Crippen molar-refractivity contribution in [1.82, 2.24) is 19.1 Å². The van der Waals surface area contributed by atoms with Crippen molar-refractivity contribution < 1.29 is 4.79 Å². The first-order valence-electron chi connectivity index (χ1n) is 9.34. The molecule has 0 fully saturated rings. The van der Waals surface area contributed by atoms with E-state index in [1.807, 2.05) is 48.9 Å². The number of nitrogens with one attached hydrogen (secondary N) is 1. The van der Waals surface area contributed by atoms with E-state index in [1.165, 1.54) is 17.7 Å². The lowest BCUT2D eigenvalue weighted by molar-refractivity contribution is 0.103. The lowest BCUT2D eigenvalue weighted by atomic mass is 10.1. The Balaban J connectivity index is 1.61. The predicted molar refractivity (Wildman–Crippen MR) is 115 cm³/mol. The summed E-state index contributed by atoms with van der Waals surface area (Å²) >= 11 is 1.25. The van der Waals surface area contributed by atoms with Crippen molar-refractivity contribution >= 4 is 33.1 Å². The number of carbonyl (C=O) groups excluding carboxylic acids is 1. The maximum Gasteiger partial charge on any atom is 0.266 e. The van der Waals surface area contributed by atoms with Gasteiger partial charge in [0.2, 0.25) is 0 Å². The Bertz CT molecular complexity index is 1270. The number of hydrogen-bond acceptors (Lipinski definition) is 5. The number of aryl methyl sites for hydroxylation is 3. The van der Waals surface area contributed by atoms with Crippen molar-refractivity contribution in [1.29, 1.82) is 0 Å². The summed E-state index contributed by atoms with van der Waals surface area (Å²) in [7, 11) is 0. The fraction of sp³-hybridized carbons (Fsp3) is 0.238. The zero-order valence-electron chi connectivity index (χ0n) is 16.5. The molecule has 0 aliphatic carbocycles. The van der Waals surface area contributed by atoms with E-state index in [0.29, 0.717) is 39.4 Å². The van der Waals surface area contributed by atoms with Crippen molar-refractivity contribution in [2.24, 2.45) is 0 Å². The van der Waals surface area contributed by atoms with E-state index in [-0.39, 0.29) is 11.5 Å². The Labute approximate surface area is 171 Å². The van der Waals surface area contributed by atoms with Crippen LogP contribution in [-0.4, -0.2) is 25.0 Å². The molecule has 0 unspecified atom stereocenters. The number of hydrogen-bond donors (Lipinski definition) is 1. The maximum absolute atomic E-state index is 12.9. The van der Waals surface area contributed by atoms with E-state index in [0.717, 1.165) is 11.4 Å². The highest BCUT2D eigenvalue weighted by molar-refractivity contribution is 7.20. The van der Waals surface area contributed by atoms with Gasteiger partial charge in [-0.05, 0) is 44.0 Å². The highest BCUT2D eigenvalue weighted by Crippen LogP contribution is 2.27. The molecule has 29 heavy (non-hydrogen) atoms. The summed E-state index contributed by atoms with van der Waals surface area (Å²) in [5, 5.41) is 3.47. The number of benzene rings is 1. The fourth-order valence-corrected chi connectivity index (χ4v) is 4.34. The highest BCUT2D eigenvalue weighted by Gasteiger charge is 2.19. The van der Waals surface area contributed by atoms with Crippen LogP contribution < -0.4 is 10.9 Å². The third-order valence-corrected chi connectivity index (χ3v) is 6.12. The summed E-state index contributed by atoms with van der Waals surface area (Å²) in [6, 6.07) is 7.73. The summed E-state index contributed by atoms with van der Waals surface area (Å²) in [6.45, 7) is 6.87. The smallest absolute Gasteiger partial charge is 0.266 e. The Kier molecular flexibility index (Phi) is 5.02.